The lowest BCUT2D eigenvalue weighted by Gasteiger charge is -2.43. The van der Waals surface area contributed by atoms with Crippen molar-refractivity contribution in [1.29, 1.82) is 0 Å². The van der Waals surface area contributed by atoms with E-state index in [2.05, 4.69) is 61.9 Å². The van der Waals surface area contributed by atoms with Gasteiger partial charge < -0.3 is 14.2 Å². The van der Waals surface area contributed by atoms with E-state index in [0.29, 0.717) is 6.73 Å². The summed E-state index contributed by atoms with van der Waals surface area (Å²) in [6.07, 6.45) is 4.76. The van der Waals surface area contributed by atoms with Crippen molar-refractivity contribution in [3.63, 3.8) is 0 Å². The van der Waals surface area contributed by atoms with Crippen LogP contribution in [0.25, 0.3) is 11.2 Å². The van der Waals surface area contributed by atoms with Crippen LogP contribution in [0.15, 0.2) is 11.7 Å². The van der Waals surface area contributed by atoms with Gasteiger partial charge in [0.1, 0.15) is 22.8 Å². The normalized spacial score (nSPS) is 20.4. The summed E-state index contributed by atoms with van der Waals surface area (Å²) in [5.74, 6) is 0.876. The van der Waals surface area contributed by atoms with Gasteiger partial charge in [0, 0.05) is 49.4 Å². The third kappa shape index (κ3) is 5.93. The SMILES string of the molecule is CC(C)(C)[S@@+]([O-])N[C@@H]1c2scnc2CC12CCN(c1cnc3c(I)nn(COCC[Si](C)(C)C)c3n1)CC2. The van der Waals surface area contributed by atoms with Gasteiger partial charge >= 0.3 is 0 Å². The number of fused-ring (bicyclic) bond motifs is 2. The molecule has 1 fully saturated rings. The predicted molar refractivity (Wildman–Crippen MR) is 166 cm³/mol. The van der Waals surface area contributed by atoms with E-state index >= 15 is 0 Å². The standard InChI is InChI=1S/C25H38IN7O2S2Si/c1-24(2,3)37(34)31-21-20-17(28-15-36-20)13-25(21)7-9-32(10-8-25)18-14-27-19-22(26)30-33(23(19)29-18)16-35-11-12-38(4,5)6/h14-15,21,31H,7-13,16H2,1-6H3/t21-,37-/m1/s1. The zero-order valence-corrected chi connectivity index (χ0v) is 27.9. The molecule has 1 aliphatic heterocycles. The molecule has 1 saturated heterocycles. The molecule has 208 valence electrons. The first-order chi connectivity index (χ1) is 17.9. The van der Waals surface area contributed by atoms with Crippen LogP contribution < -0.4 is 9.62 Å². The molecule has 2 aliphatic rings. The number of rotatable bonds is 8. The van der Waals surface area contributed by atoms with E-state index in [1.54, 1.807) is 11.3 Å². The maximum atomic E-state index is 13.1. The van der Waals surface area contributed by atoms with Crippen LogP contribution >= 0.6 is 33.9 Å². The summed E-state index contributed by atoms with van der Waals surface area (Å²) < 4.78 is 25.0. The Hall–Kier alpha value is -0.843. The van der Waals surface area contributed by atoms with E-state index in [9.17, 15) is 4.55 Å². The summed E-state index contributed by atoms with van der Waals surface area (Å²) in [5.41, 5.74) is 4.70. The van der Waals surface area contributed by atoms with Gasteiger partial charge in [-0.25, -0.2) is 19.6 Å². The van der Waals surface area contributed by atoms with Crippen molar-refractivity contribution in [2.75, 3.05) is 24.6 Å². The molecule has 2 atom stereocenters. The molecule has 0 radical (unpaired) electrons. The van der Waals surface area contributed by atoms with Crippen LogP contribution in [-0.4, -0.2) is 61.8 Å². The van der Waals surface area contributed by atoms with E-state index in [4.69, 9.17) is 14.7 Å². The second kappa shape index (κ2) is 10.9. The number of anilines is 1. The van der Waals surface area contributed by atoms with E-state index in [1.807, 2.05) is 37.2 Å². The Morgan fingerprint density at radius 2 is 2.00 bits per heavy atom. The first kappa shape index (κ1) is 28.7. The summed E-state index contributed by atoms with van der Waals surface area (Å²) in [7, 11) is -1.14. The van der Waals surface area contributed by atoms with Crippen molar-refractivity contribution in [3.05, 3.63) is 26.0 Å². The van der Waals surface area contributed by atoms with Gasteiger partial charge in [0.2, 0.25) is 0 Å². The zero-order valence-electron chi connectivity index (χ0n) is 23.1. The average molecular weight is 688 g/mol. The lowest BCUT2D eigenvalue weighted by atomic mass is 9.74. The van der Waals surface area contributed by atoms with Gasteiger partial charge in [0.25, 0.3) is 0 Å². The molecule has 3 aromatic rings. The third-order valence-electron chi connectivity index (χ3n) is 7.53. The second-order valence-electron chi connectivity index (χ2n) is 12.7. The molecular formula is C25H38IN7O2S2Si. The molecule has 38 heavy (non-hydrogen) atoms. The number of piperidine rings is 1. The summed E-state index contributed by atoms with van der Waals surface area (Å²) in [6, 6.07) is 1.19. The van der Waals surface area contributed by atoms with E-state index < -0.39 is 19.4 Å². The largest absolute Gasteiger partial charge is 0.598 e. The number of hydrogen-bond acceptors (Lipinski definition) is 9. The smallest absolute Gasteiger partial charge is 0.182 e. The molecule has 13 heteroatoms. The number of halogens is 1. The Morgan fingerprint density at radius 3 is 2.68 bits per heavy atom. The Labute approximate surface area is 247 Å². The first-order valence-corrected chi connectivity index (χ1v) is 20.0. The molecule has 9 nitrogen and oxygen atoms in total. The lowest BCUT2D eigenvalue weighted by Crippen LogP contribution is -2.49. The van der Waals surface area contributed by atoms with Crippen LogP contribution in [0, 0.1) is 9.12 Å². The fourth-order valence-electron chi connectivity index (χ4n) is 5.14. The van der Waals surface area contributed by atoms with Crippen molar-refractivity contribution in [3.8, 4) is 0 Å². The minimum absolute atomic E-state index is 0.0196. The molecule has 0 unspecified atom stereocenters. The highest BCUT2D eigenvalue weighted by molar-refractivity contribution is 14.1. The van der Waals surface area contributed by atoms with Crippen molar-refractivity contribution in [2.24, 2.45) is 5.41 Å². The Bertz CT molecular complexity index is 1280. The van der Waals surface area contributed by atoms with Crippen LogP contribution in [0.3, 0.4) is 0 Å². The molecule has 0 aromatic carbocycles. The number of thiazole rings is 1. The fraction of sp³-hybridized carbons (Fsp3) is 0.680. The zero-order chi connectivity index (χ0) is 27.3. The topological polar surface area (TPSA) is 104 Å². The van der Waals surface area contributed by atoms with Crippen molar-refractivity contribution in [1.82, 2.24) is 29.5 Å². The van der Waals surface area contributed by atoms with Gasteiger partial charge in [-0.15, -0.1) is 16.1 Å². The molecule has 4 heterocycles. The summed E-state index contributed by atoms with van der Waals surface area (Å²) in [6.45, 7) is 16.0. The number of hydrogen-bond donors (Lipinski definition) is 1. The number of nitrogens with one attached hydrogen (secondary N) is 1. The average Bonchev–Trinajstić information content (AvgIpc) is 3.49. The first-order valence-electron chi connectivity index (χ1n) is 13.2. The van der Waals surface area contributed by atoms with Crippen LogP contribution in [-0.2, 0) is 29.3 Å². The molecule has 1 spiro atoms. The van der Waals surface area contributed by atoms with Gasteiger partial charge in [-0.3, -0.25) is 0 Å². The minimum atomic E-state index is -1.14. The van der Waals surface area contributed by atoms with E-state index in [1.165, 1.54) is 10.6 Å². The molecule has 1 N–H and O–H groups in total. The predicted octanol–water partition coefficient (Wildman–Crippen LogP) is 5.14. The van der Waals surface area contributed by atoms with Gasteiger partial charge in [-0.2, -0.15) is 5.10 Å². The molecule has 3 aromatic heterocycles. The summed E-state index contributed by atoms with van der Waals surface area (Å²) in [4.78, 5) is 18.0. The fourth-order valence-corrected chi connectivity index (χ4v) is 8.54. The second-order valence-corrected chi connectivity index (χ2v) is 22.2. The third-order valence-corrected chi connectivity index (χ3v) is 12.5. The summed E-state index contributed by atoms with van der Waals surface area (Å²) in [5, 5.41) is 4.65. The quantitative estimate of drug-likeness (QED) is 0.151. The number of ether oxygens (including phenoxy) is 1. The molecule has 0 amide bonds. The molecule has 1 aliphatic carbocycles. The van der Waals surface area contributed by atoms with Gasteiger partial charge in [0.05, 0.1) is 23.4 Å². The molecule has 0 bridgehead atoms. The Morgan fingerprint density at radius 1 is 1.26 bits per heavy atom. The van der Waals surface area contributed by atoms with E-state index in [0.717, 1.165) is 65.7 Å². The minimum Gasteiger partial charge on any atom is -0.598 e. The van der Waals surface area contributed by atoms with Crippen LogP contribution in [0.4, 0.5) is 5.82 Å². The van der Waals surface area contributed by atoms with Crippen molar-refractivity contribution in [2.45, 2.75) is 83.2 Å². The highest BCUT2D eigenvalue weighted by atomic mass is 127. The monoisotopic (exact) mass is 687 g/mol. The molecule has 5 rings (SSSR count). The maximum Gasteiger partial charge on any atom is 0.182 e. The van der Waals surface area contributed by atoms with Gasteiger partial charge in [-0.1, -0.05) is 19.6 Å². The van der Waals surface area contributed by atoms with Crippen molar-refractivity contribution >= 4 is 70.3 Å². The maximum absolute atomic E-state index is 13.1. The molecule has 0 saturated carbocycles. The van der Waals surface area contributed by atoms with Crippen LogP contribution in [0.1, 0.15) is 50.2 Å². The van der Waals surface area contributed by atoms with Crippen LogP contribution in [0.5, 0.6) is 0 Å². The van der Waals surface area contributed by atoms with Crippen molar-refractivity contribution < 1.29 is 9.29 Å². The Kier molecular flexibility index (Phi) is 8.19. The highest BCUT2D eigenvalue weighted by Crippen LogP contribution is 2.53. The number of nitrogens with zero attached hydrogens (tertiary/aromatic N) is 6. The van der Waals surface area contributed by atoms with Crippen LogP contribution in [0.2, 0.25) is 25.7 Å². The van der Waals surface area contributed by atoms with E-state index in [-0.39, 0.29) is 16.2 Å². The Balaban J connectivity index is 1.30. The number of aromatic nitrogens is 5. The van der Waals surface area contributed by atoms with Gasteiger partial charge in [0.15, 0.2) is 9.35 Å². The summed E-state index contributed by atoms with van der Waals surface area (Å²) >= 11 is 2.77. The lowest BCUT2D eigenvalue weighted by molar-refractivity contribution is 0.0810. The van der Waals surface area contributed by atoms with Gasteiger partial charge in [-0.05, 0) is 68.7 Å². The highest BCUT2D eigenvalue weighted by Gasteiger charge is 2.52. The molecular weight excluding hydrogens is 649 g/mol.